The predicted octanol–water partition coefficient (Wildman–Crippen LogP) is 3.23. The van der Waals surface area contributed by atoms with Crippen molar-refractivity contribution in [1.82, 2.24) is 9.78 Å². The first-order chi connectivity index (χ1) is 12.6. The number of aliphatic imine (C=N–C) groups is 1. The molecule has 0 unspecified atom stereocenters. The van der Waals surface area contributed by atoms with Gasteiger partial charge in [0.15, 0.2) is 0 Å². The molecule has 132 valence electrons. The van der Waals surface area contributed by atoms with Gasteiger partial charge in [-0.05, 0) is 30.3 Å². The molecule has 0 saturated heterocycles. The van der Waals surface area contributed by atoms with E-state index in [0.717, 1.165) is 4.90 Å². The lowest BCUT2D eigenvalue weighted by atomic mass is 10.2. The van der Waals surface area contributed by atoms with E-state index in [0.29, 0.717) is 16.0 Å². The van der Waals surface area contributed by atoms with Crippen LogP contribution in [0, 0.1) is 5.82 Å². The minimum absolute atomic E-state index is 0.114. The van der Waals surface area contributed by atoms with E-state index in [-0.39, 0.29) is 17.5 Å². The third-order valence-corrected chi connectivity index (χ3v) is 4.69. The maximum Gasteiger partial charge on any atom is 0.275 e. The molecule has 0 spiro atoms. The normalized spacial score (nSPS) is 12.2. The number of halogens is 1. The lowest BCUT2D eigenvalue weighted by molar-refractivity contribution is 0.601. The minimum Gasteiger partial charge on any atom is -0.400 e. The first-order valence-electron chi connectivity index (χ1n) is 7.87. The maximum absolute atomic E-state index is 14.5. The Morgan fingerprint density at radius 1 is 1.35 bits per heavy atom. The lowest BCUT2D eigenvalue weighted by Gasteiger charge is -2.08. The summed E-state index contributed by atoms with van der Waals surface area (Å²) in [7, 11) is 1.62. The van der Waals surface area contributed by atoms with E-state index >= 15 is 0 Å². The molecular formula is C19H17FN4OS. The molecule has 7 heteroatoms. The van der Waals surface area contributed by atoms with E-state index in [1.54, 1.807) is 25.4 Å². The van der Waals surface area contributed by atoms with Gasteiger partial charge in [-0.1, -0.05) is 30.0 Å². The molecule has 0 bridgehead atoms. The zero-order chi connectivity index (χ0) is 18.5. The Morgan fingerprint density at radius 3 is 2.85 bits per heavy atom. The number of rotatable bonds is 5. The summed E-state index contributed by atoms with van der Waals surface area (Å²) in [5.74, 6) is -0.442. The van der Waals surface area contributed by atoms with Crippen LogP contribution < -0.4 is 11.3 Å². The van der Waals surface area contributed by atoms with Crippen molar-refractivity contribution >= 4 is 28.7 Å². The third kappa shape index (κ3) is 4.00. The van der Waals surface area contributed by atoms with Crippen LogP contribution in [0.15, 0.2) is 80.0 Å². The van der Waals surface area contributed by atoms with Crippen LogP contribution in [-0.4, -0.2) is 23.0 Å². The van der Waals surface area contributed by atoms with Gasteiger partial charge in [-0.25, -0.2) is 9.07 Å². The molecule has 2 N–H and O–H groups in total. The SMILES string of the molecule is CN=CC=C(N)Cn1ncc2cc(Sc3ccccc3)c(F)cc2c1=O. The summed E-state index contributed by atoms with van der Waals surface area (Å²) >= 11 is 1.30. The number of allylic oxidation sites excluding steroid dienone is 2. The average molecular weight is 368 g/mol. The van der Waals surface area contributed by atoms with Gasteiger partial charge in [0.25, 0.3) is 5.56 Å². The fourth-order valence-corrected chi connectivity index (χ4v) is 3.28. The molecule has 0 atom stereocenters. The number of nitrogens with zero attached hydrogens (tertiary/aromatic N) is 3. The van der Waals surface area contributed by atoms with Crippen molar-refractivity contribution < 1.29 is 4.39 Å². The summed E-state index contributed by atoms with van der Waals surface area (Å²) in [4.78, 5) is 17.7. The highest BCUT2D eigenvalue weighted by atomic mass is 32.2. The van der Waals surface area contributed by atoms with Crippen LogP contribution in [0.2, 0.25) is 0 Å². The summed E-state index contributed by atoms with van der Waals surface area (Å²) < 4.78 is 15.7. The predicted molar refractivity (Wildman–Crippen MR) is 103 cm³/mol. The van der Waals surface area contributed by atoms with E-state index in [4.69, 9.17) is 5.73 Å². The van der Waals surface area contributed by atoms with Crippen molar-refractivity contribution in [3.8, 4) is 0 Å². The summed E-state index contributed by atoms with van der Waals surface area (Å²) in [6.07, 6.45) is 4.68. The number of hydrogen-bond donors (Lipinski definition) is 1. The van der Waals surface area contributed by atoms with Gasteiger partial charge in [-0.15, -0.1) is 0 Å². The molecule has 1 aromatic heterocycles. The van der Waals surface area contributed by atoms with Gasteiger partial charge in [0.1, 0.15) is 5.82 Å². The standard InChI is InChI=1S/C19H17FN4OS/c1-22-8-7-14(21)12-24-19(25)16-10-17(20)18(9-13(16)11-23-24)26-15-5-3-2-4-6-15/h2-11H,12,21H2,1H3. The second-order valence-electron chi connectivity index (χ2n) is 5.54. The van der Waals surface area contributed by atoms with Gasteiger partial charge in [0, 0.05) is 34.1 Å². The summed E-state index contributed by atoms with van der Waals surface area (Å²) in [5, 5.41) is 5.00. The molecule has 0 aliphatic carbocycles. The monoisotopic (exact) mass is 368 g/mol. The summed E-state index contributed by atoms with van der Waals surface area (Å²) in [6.45, 7) is 0.114. The van der Waals surface area contributed by atoms with Gasteiger partial charge in [-0.3, -0.25) is 9.79 Å². The van der Waals surface area contributed by atoms with Crippen molar-refractivity contribution in [3.63, 3.8) is 0 Å². The fourth-order valence-electron chi connectivity index (χ4n) is 2.39. The highest BCUT2D eigenvalue weighted by Gasteiger charge is 2.11. The Balaban J connectivity index is 1.97. The van der Waals surface area contributed by atoms with Gasteiger partial charge >= 0.3 is 0 Å². The highest BCUT2D eigenvalue weighted by Crippen LogP contribution is 2.31. The van der Waals surface area contributed by atoms with Gasteiger partial charge in [0.05, 0.1) is 18.1 Å². The highest BCUT2D eigenvalue weighted by molar-refractivity contribution is 7.99. The molecule has 0 saturated carbocycles. The van der Waals surface area contributed by atoms with Crippen molar-refractivity contribution in [1.29, 1.82) is 0 Å². The molecule has 3 aromatic rings. The van der Waals surface area contributed by atoms with Crippen molar-refractivity contribution in [2.24, 2.45) is 10.7 Å². The molecule has 1 heterocycles. The molecule has 0 aliphatic heterocycles. The second kappa shape index (κ2) is 7.97. The summed E-state index contributed by atoms with van der Waals surface area (Å²) in [6, 6.07) is 12.4. The smallest absolute Gasteiger partial charge is 0.275 e. The molecule has 5 nitrogen and oxygen atoms in total. The van der Waals surface area contributed by atoms with E-state index in [9.17, 15) is 9.18 Å². The Morgan fingerprint density at radius 2 is 2.12 bits per heavy atom. The van der Waals surface area contributed by atoms with E-state index in [1.165, 1.54) is 28.7 Å². The Hall–Kier alpha value is -2.93. The zero-order valence-electron chi connectivity index (χ0n) is 14.1. The molecule has 3 rings (SSSR count). The lowest BCUT2D eigenvalue weighted by Crippen LogP contribution is -2.25. The number of benzene rings is 2. The minimum atomic E-state index is -0.442. The van der Waals surface area contributed by atoms with Crippen LogP contribution >= 0.6 is 11.8 Å². The quantitative estimate of drug-likeness (QED) is 0.702. The van der Waals surface area contributed by atoms with Crippen LogP contribution in [0.3, 0.4) is 0 Å². The fraction of sp³-hybridized carbons (Fsp3) is 0.105. The van der Waals surface area contributed by atoms with Crippen molar-refractivity contribution in [2.45, 2.75) is 16.3 Å². The molecule has 0 fully saturated rings. The van der Waals surface area contributed by atoms with E-state index in [1.807, 2.05) is 30.3 Å². The molecule has 0 radical (unpaired) electrons. The first-order valence-corrected chi connectivity index (χ1v) is 8.69. The topological polar surface area (TPSA) is 73.3 Å². The van der Waals surface area contributed by atoms with Crippen LogP contribution in [-0.2, 0) is 6.54 Å². The molecule has 0 amide bonds. The third-order valence-electron chi connectivity index (χ3n) is 3.65. The van der Waals surface area contributed by atoms with Crippen LogP contribution in [0.4, 0.5) is 4.39 Å². The van der Waals surface area contributed by atoms with Crippen molar-refractivity contribution in [2.75, 3.05) is 7.05 Å². The largest absolute Gasteiger partial charge is 0.400 e. The van der Waals surface area contributed by atoms with Crippen LogP contribution in [0.25, 0.3) is 10.8 Å². The summed E-state index contributed by atoms with van der Waals surface area (Å²) in [5.41, 5.74) is 5.88. The maximum atomic E-state index is 14.5. The number of nitrogens with two attached hydrogens (primary N) is 1. The average Bonchev–Trinajstić information content (AvgIpc) is 2.64. The van der Waals surface area contributed by atoms with Crippen molar-refractivity contribution in [3.05, 3.63) is 76.6 Å². The van der Waals surface area contributed by atoms with E-state index in [2.05, 4.69) is 10.1 Å². The number of hydrogen-bond acceptors (Lipinski definition) is 5. The molecule has 0 aliphatic rings. The number of aromatic nitrogens is 2. The van der Waals surface area contributed by atoms with Crippen LogP contribution in [0.1, 0.15) is 0 Å². The number of fused-ring (bicyclic) bond motifs is 1. The zero-order valence-corrected chi connectivity index (χ0v) is 14.9. The van der Waals surface area contributed by atoms with E-state index < -0.39 is 5.82 Å². The molecule has 26 heavy (non-hydrogen) atoms. The van der Waals surface area contributed by atoms with Gasteiger partial charge in [-0.2, -0.15) is 5.10 Å². The second-order valence-corrected chi connectivity index (χ2v) is 6.66. The Labute approximate surface area is 154 Å². The molecular weight excluding hydrogens is 351 g/mol. The first kappa shape index (κ1) is 17.9. The Kier molecular flexibility index (Phi) is 5.48. The molecule has 2 aromatic carbocycles. The Bertz CT molecular complexity index is 1040. The van der Waals surface area contributed by atoms with Gasteiger partial charge < -0.3 is 5.73 Å². The van der Waals surface area contributed by atoms with Gasteiger partial charge in [0.2, 0.25) is 0 Å². The van der Waals surface area contributed by atoms with Crippen LogP contribution in [0.5, 0.6) is 0 Å².